The van der Waals surface area contributed by atoms with E-state index >= 15 is 0 Å². The number of piperidine rings is 1. The second kappa shape index (κ2) is 7.75. The summed E-state index contributed by atoms with van der Waals surface area (Å²) in [6, 6.07) is 9.49. The van der Waals surface area contributed by atoms with Gasteiger partial charge in [-0.05, 0) is 25.2 Å². The van der Waals surface area contributed by atoms with Gasteiger partial charge in [-0.15, -0.1) is 0 Å². The molecule has 4 rings (SSSR count). The molecule has 0 bridgehead atoms. The van der Waals surface area contributed by atoms with Crippen LogP contribution in [0.5, 0.6) is 0 Å². The first-order valence-electron chi connectivity index (χ1n) is 9.71. The van der Waals surface area contributed by atoms with Crippen molar-refractivity contribution in [3.8, 4) is 11.3 Å². The zero-order chi connectivity index (χ0) is 19.7. The Bertz CT molecular complexity index is 855. The number of rotatable bonds is 4. The van der Waals surface area contributed by atoms with Gasteiger partial charge in [-0.1, -0.05) is 30.3 Å². The van der Waals surface area contributed by atoms with Crippen molar-refractivity contribution in [2.45, 2.75) is 32.3 Å². The highest BCUT2D eigenvalue weighted by Crippen LogP contribution is 2.34. The number of hydrogen-bond acceptors (Lipinski definition) is 5. The number of oxazole rings is 1. The number of carboxylic acids is 1. The second-order valence-electron chi connectivity index (χ2n) is 7.48. The van der Waals surface area contributed by atoms with E-state index < -0.39 is 11.9 Å². The fourth-order valence-corrected chi connectivity index (χ4v) is 4.28. The Hall–Kier alpha value is -2.67. The summed E-state index contributed by atoms with van der Waals surface area (Å²) in [6.45, 7) is 3.37. The van der Waals surface area contributed by atoms with Gasteiger partial charge in [-0.25, -0.2) is 4.98 Å². The monoisotopic (exact) mass is 384 g/mol. The maximum Gasteiger partial charge on any atom is 0.309 e. The molecule has 28 heavy (non-hydrogen) atoms. The summed E-state index contributed by atoms with van der Waals surface area (Å²) in [7, 11) is 0. The van der Waals surface area contributed by atoms with Crippen molar-refractivity contribution in [3.05, 3.63) is 41.9 Å². The van der Waals surface area contributed by atoms with Gasteiger partial charge in [-0.2, -0.15) is 0 Å². The molecule has 1 aromatic carbocycles. The highest BCUT2D eigenvalue weighted by molar-refractivity contribution is 5.97. The molecule has 0 saturated carbocycles. The lowest BCUT2D eigenvalue weighted by atomic mass is 9.84. The molecule has 2 aliphatic heterocycles. The lowest BCUT2D eigenvalue weighted by molar-refractivity contribution is -0.145. The number of aryl methyl sites for hydroxylation is 1. The van der Waals surface area contributed by atoms with Crippen molar-refractivity contribution in [1.29, 1.82) is 0 Å². The molecular weight excluding hydrogens is 360 g/mol. The van der Waals surface area contributed by atoms with Crippen LogP contribution in [0, 0.1) is 18.8 Å². The van der Waals surface area contributed by atoms with E-state index in [4.69, 9.17) is 9.15 Å². The fourth-order valence-electron chi connectivity index (χ4n) is 4.28. The lowest BCUT2D eigenvalue weighted by Crippen LogP contribution is -2.43. The molecule has 1 amide bonds. The van der Waals surface area contributed by atoms with Crippen LogP contribution in [0.15, 0.2) is 34.7 Å². The van der Waals surface area contributed by atoms with E-state index in [1.54, 1.807) is 11.8 Å². The van der Waals surface area contributed by atoms with Crippen LogP contribution in [0.4, 0.5) is 0 Å². The number of amides is 1. The summed E-state index contributed by atoms with van der Waals surface area (Å²) < 4.78 is 11.4. The Balaban J connectivity index is 1.46. The number of hydrogen-bond donors (Lipinski definition) is 1. The minimum absolute atomic E-state index is 0.142. The summed E-state index contributed by atoms with van der Waals surface area (Å²) in [4.78, 5) is 30.6. The minimum atomic E-state index is -0.786. The molecule has 2 aliphatic rings. The van der Waals surface area contributed by atoms with Crippen LogP contribution in [0.3, 0.4) is 0 Å². The molecule has 2 fully saturated rings. The molecule has 1 aromatic heterocycles. The largest absolute Gasteiger partial charge is 0.481 e. The number of carboxylic acid groups (broad SMARTS) is 1. The summed E-state index contributed by atoms with van der Waals surface area (Å²) in [6.07, 6.45) is 1.79. The van der Waals surface area contributed by atoms with Gasteiger partial charge in [0.2, 0.25) is 0 Å². The maximum atomic E-state index is 13.1. The Kier molecular flexibility index (Phi) is 5.17. The molecule has 7 nitrogen and oxygen atoms in total. The minimum Gasteiger partial charge on any atom is -0.481 e. The van der Waals surface area contributed by atoms with Gasteiger partial charge in [0.15, 0.2) is 17.3 Å². The average Bonchev–Trinajstić information content (AvgIpc) is 3.35. The van der Waals surface area contributed by atoms with Gasteiger partial charge in [0.25, 0.3) is 5.91 Å². The normalized spacial score (nSPS) is 23.1. The topological polar surface area (TPSA) is 92.9 Å². The third kappa shape index (κ3) is 3.54. The van der Waals surface area contributed by atoms with E-state index in [0.29, 0.717) is 43.5 Å². The predicted molar refractivity (Wildman–Crippen MR) is 101 cm³/mol. The van der Waals surface area contributed by atoms with E-state index in [2.05, 4.69) is 4.98 Å². The van der Waals surface area contributed by atoms with Crippen molar-refractivity contribution < 1.29 is 23.8 Å². The molecular formula is C21H24N2O5. The van der Waals surface area contributed by atoms with Gasteiger partial charge in [0, 0.05) is 32.2 Å². The number of aromatic nitrogens is 1. The van der Waals surface area contributed by atoms with Crippen LogP contribution in [0.25, 0.3) is 11.3 Å². The van der Waals surface area contributed by atoms with Crippen molar-refractivity contribution in [1.82, 2.24) is 9.88 Å². The first-order chi connectivity index (χ1) is 13.5. The maximum absolute atomic E-state index is 13.1. The van der Waals surface area contributed by atoms with Gasteiger partial charge >= 0.3 is 5.97 Å². The van der Waals surface area contributed by atoms with E-state index in [-0.39, 0.29) is 17.9 Å². The van der Waals surface area contributed by atoms with Crippen LogP contribution < -0.4 is 0 Å². The number of carbonyl (C=O) groups excluding carboxylic acids is 1. The summed E-state index contributed by atoms with van der Waals surface area (Å²) in [5.74, 6) is -0.241. The lowest BCUT2D eigenvalue weighted by Gasteiger charge is -2.35. The van der Waals surface area contributed by atoms with E-state index in [1.165, 1.54) is 0 Å². The molecule has 0 radical (unpaired) electrons. The molecule has 148 valence electrons. The van der Waals surface area contributed by atoms with E-state index in [0.717, 1.165) is 18.4 Å². The molecule has 2 aromatic rings. The molecule has 0 aliphatic carbocycles. The quantitative estimate of drug-likeness (QED) is 0.871. The second-order valence-corrected chi connectivity index (χ2v) is 7.48. The molecule has 0 spiro atoms. The van der Waals surface area contributed by atoms with Crippen molar-refractivity contribution in [3.63, 3.8) is 0 Å². The Morgan fingerprint density at radius 2 is 1.86 bits per heavy atom. The zero-order valence-electron chi connectivity index (χ0n) is 15.8. The summed E-state index contributed by atoms with van der Waals surface area (Å²) in [5, 5.41) is 9.38. The number of benzene rings is 1. The van der Waals surface area contributed by atoms with Gasteiger partial charge in [0.05, 0.1) is 12.0 Å². The molecule has 1 N–H and O–H groups in total. The third-order valence-electron chi connectivity index (χ3n) is 5.72. The Morgan fingerprint density at radius 3 is 2.54 bits per heavy atom. The molecule has 3 heterocycles. The van der Waals surface area contributed by atoms with Gasteiger partial charge in [0.1, 0.15) is 0 Å². The third-order valence-corrected chi connectivity index (χ3v) is 5.72. The number of aliphatic carboxylic acids is 1. The molecule has 2 atom stereocenters. The van der Waals surface area contributed by atoms with Crippen molar-refractivity contribution in [2.24, 2.45) is 11.8 Å². The first kappa shape index (κ1) is 18.7. The highest BCUT2D eigenvalue weighted by atomic mass is 16.5. The van der Waals surface area contributed by atoms with Crippen LogP contribution in [-0.2, 0) is 9.53 Å². The van der Waals surface area contributed by atoms with Crippen LogP contribution in [0.1, 0.15) is 35.6 Å². The van der Waals surface area contributed by atoms with Gasteiger partial charge < -0.3 is 19.2 Å². The summed E-state index contributed by atoms with van der Waals surface area (Å²) >= 11 is 0. The van der Waals surface area contributed by atoms with Crippen LogP contribution in [-0.4, -0.2) is 52.7 Å². The number of ether oxygens (including phenoxy) is 1. The van der Waals surface area contributed by atoms with Crippen molar-refractivity contribution in [2.75, 3.05) is 19.7 Å². The van der Waals surface area contributed by atoms with Crippen LogP contribution >= 0.6 is 0 Å². The first-order valence-corrected chi connectivity index (χ1v) is 9.71. The summed E-state index contributed by atoms with van der Waals surface area (Å²) in [5.41, 5.74) is 1.16. The standard InChI is InChI=1S/C21H24N2O5/c1-13-22-17(19(28-13)14-5-3-2-4-6-14)20(24)23-10-7-15(8-11-23)18-16(21(25)26)9-12-27-18/h2-6,15-16,18H,7-12H2,1H3,(H,25,26)/t16?,18-/m0/s1. The van der Waals surface area contributed by atoms with Gasteiger partial charge in [-0.3, -0.25) is 9.59 Å². The average molecular weight is 384 g/mol. The highest BCUT2D eigenvalue weighted by Gasteiger charge is 2.41. The van der Waals surface area contributed by atoms with Crippen LogP contribution in [0.2, 0.25) is 0 Å². The van der Waals surface area contributed by atoms with E-state index in [1.807, 2.05) is 30.3 Å². The number of nitrogens with zero attached hydrogens (tertiary/aromatic N) is 2. The zero-order valence-corrected chi connectivity index (χ0v) is 15.8. The SMILES string of the molecule is Cc1nc(C(=O)N2CCC([C@@H]3OCCC3C(=O)O)CC2)c(-c2ccccc2)o1. The smallest absolute Gasteiger partial charge is 0.309 e. The predicted octanol–water partition coefficient (Wildman–Crippen LogP) is 2.99. The Morgan fingerprint density at radius 1 is 1.14 bits per heavy atom. The number of carbonyl (C=O) groups is 2. The molecule has 1 unspecified atom stereocenters. The number of likely N-dealkylation sites (tertiary alicyclic amines) is 1. The van der Waals surface area contributed by atoms with Crippen molar-refractivity contribution >= 4 is 11.9 Å². The molecule has 2 saturated heterocycles. The molecule has 7 heteroatoms. The Labute approximate surface area is 163 Å². The fraction of sp³-hybridized carbons (Fsp3) is 0.476. The van der Waals surface area contributed by atoms with E-state index in [9.17, 15) is 14.7 Å².